The van der Waals surface area contributed by atoms with Gasteiger partial charge in [0.05, 0.1) is 18.0 Å². The summed E-state index contributed by atoms with van der Waals surface area (Å²) in [6.07, 6.45) is 0. The second-order valence-electron chi connectivity index (χ2n) is 5.38. The van der Waals surface area contributed by atoms with E-state index in [9.17, 15) is 9.90 Å². The number of carbonyl (C=O) groups excluding carboxylic acids is 1. The monoisotopic (exact) mass is 396 g/mol. The van der Waals surface area contributed by atoms with E-state index < -0.39 is 5.97 Å². The van der Waals surface area contributed by atoms with Crippen LogP contribution in [0, 0.1) is 0 Å². The lowest BCUT2D eigenvalue weighted by Crippen LogP contribution is -2.29. The molecule has 2 aromatic carbocycles. The van der Waals surface area contributed by atoms with E-state index in [1.807, 2.05) is 60.7 Å². The first-order chi connectivity index (χ1) is 13.1. The average Bonchev–Trinajstić information content (AvgIpc) is 2.69. The van der Waals surface area contributed by atoms with Gasteiger partial charge in [-0.25, -0.2) is 14.8 Å². The smallest absolute Gasteiger partial charge is 0.348 e. The maximum Gasteiger partial charge on any atom is 0.348 e. The number of para-hydroxylation sites is 2. The van der Waals surface area contributed by atoms with Crippen LogP contribution in [0.2, 0.25) is 0 Å². The molecule has 1 N–H and O–H groups in total. The molecule has 1 aliphatic heterocycles. The SMILES string of the molecule is CCOC(=O)C1=C(O)C(=S)C(=Nc2ccccc2)C(=Nc2ccccc2)S1. The normalized spacial score (nSPS) is 17.4. The van der Waals surface area contributed by atoms with E-state index in [1.54, 1.807) is 6.92 Å². The Hall–Kier alpha value is -2.77. The highest BCUT2D eigenvalue weighted by Crippen LogP contribution is 2.32. The highest BCUT2D eigenvalue weighted by Gasteiger charge is 2.33. The van der Waals surface area contributed by atoms with Crippen molar-refractivity contribution in [1.29, 1.82) is 0 Å². The fraction of sp³-hybridized carbons (Fsp3) is 0.100. The predicted molar refractivity (Wildman–Crippen MR) is 114 cm³/mol. The summed E-state index contributed by atoms with van der Waals surface area (Å²) in [6, 6.07) is 18.5. The van der Waals surface area contributed by atoms with Gasteiger partial charge in [0, 0.05) is 0 Å². The van der Waals surface area contributed by atoms with Gasteiger partial charge in [0.25, 0.3) is 0 Å². The molecule has 0 saturated carbocycles. The van der Waals surface area contributed by atoms with E-state index in [0.717, 1.165) is 11.8 Å². The van der Waals surface area contributed by atoms with Gasteiger partial charge in [-0.05, 0) is 31.2 Å². The number of aliphatic hydroxyl groups is 1. The molecule has 0 saturated heterocycles. The number of rotatable bonds is 4. The van der Waals surface area contributed by atoms with Crippen LogP contribution in [-0.4, -0.2) is 33.3 Å². The summed E-state index contributed by atoms with van der Waals surface area (Å²) in [7, 11) is 0. The molecule has 0 fully saturated rings. The van der Waals surface area contributed by atoms with Gasteiger partial charge in [-0.1, -0.05) is 60.4 Å². The Labute approximate surface area is 166 Å². The minimum absolute atomic E-state index is 0.0172. The fourth-order valence-corrected chi connectivity index (χ4v) is 3.57. The van der Waals surface area contributed by atoms with Crippen molar-refractivity contribution in [3.05, 3.63) is 71.3 Å². The molecular formula is C20H16N2O3S2. The first kappa shape index (κ1) is 19.0. The van der Waals surface area contributed by atoms with Gasteiger partial charge in [-0.15, -0.1) is 0 Å². The number of ether oxygens (including phenoxy) is 1. The first-order valence-electron chi connectivity index (χ1n) is 8.21. The fourth-order valence-electron chi connectivity index (χ4n) is 2.27. The molecule has 7 heteroatoms. The zero-order valence-corrected chi connectivity index (χ0v) is 16.1. The third kappa shape index (κ3) is 4.50. The van der Waals surface area contributed by atoms with E-state index in [0.29, 0.717) is 22.1 Å². The minimum atomic E-state index is -0.637. The maximum absolute atomic E-state index is 12.2. The number of benzene rings is 2. The van der Waals surface area contributed by atoms with E-state index in [4.69, 9.17) is 17.0 Å². The van der Waals surface area contributed by atoms with Crippen LogP contribution < -0.4 is 0 Å². The topological polar surface area (TPSA) is 71.2 Å². The number of hydrogen-bond acceptors (Lipinski definition) is 7. The van der Waals surface area contributed by atoms with Crippen molar-refractivity contribution in [1.82, 2.24) is 0 Å². The van der Waals surface area contributed by atoms with Gasteiger partial charge >= 0.3 is 5.97 Å². The molecule has 0 spiro atoms. The molecule has 0 amide bonds. The molecule has 27 heavy (non-hydrogen) atoms. The molecule has 1 heterocycles. The second kappa shape index (κ2) is 8.75. The highest BCUT2D eigenvalue weighted by atomic mass is 32.2. The molecule has 0 bridgehead atoms. The Morgan fingerprint density at radius 2 is 1.59 bits per heavy atom. The third-order valence-corrected chi connectivity index (χ3v) is 4.92. The average molecular weight is 396 g/mol. The Morgan fingerprint density at radius 1 is 1.04 bits per heavy atom. The first-order valence-corrected chi connectivity index (χ1v) is 9.43. The van der Waals surface area contributed by atoms with Crippen molar-refractivity contribution >= 4 is 56.9 Å². The zero-order chi connectivity index (χ0) is 19.2. The van der Waals surface area contributed by atoms with E-state index >= 15 is 0 Å². The number of aliphatic hydroxyl groups excluding tert-OH is 1. The van der Waals surface area contributed by atoms with E-state index in [-0.39, 0.29) is 22.1 Å². The molecule has 136 valence electrons. The number of carbonyl (C=O) groups is 1. The van der Waals surface area contributed by atoms with E-state index in [1.165, 1.54) is 0 Å². The highest BCUT2D eigenvalue weighted by molar-refractivity contribution is 8.20. The van der Waals surface area contributed by atoms with Crippen LogP contribution in [0.15, 0.2) is 81.3 Å². The summed E-state index contributed by atoms with van der Waals surface area (Å²) < 4.78 is 5.02. The summed E-state index contributed by atoms with van der Waals surface area (Å²) >= 11 is 6.38. The van der Waals surface area contributed by atoms with Crippen LogP contribution in [0.25, 0.3) is 0 Å². The van der Waals surface area contributed by atoms with Crippen molar-refractivity contribution in [2.24, 2.45) is 9.98 Å². The number of aliphatic imine (C=N–C) groups is 2. The lowest BCUT2D eigenvalue weighted by atomic mass is 10.2. The Bertz CT molecular complexity index is 952. The standard InChI is InChI=1S/C20H16N2O3S2/c1-2-25-20(24)18-16(23)17(26)15(21-13-9-5-3-6-10-13)19(27-18)22-14-11-7-4-8-12-14/h3-12,23H,2H2,1H3. The minimum Gasteiger partial charge on any atom is -0.505 e. The number of allylic oxidation sites excluding steroid dienone is 1. The number of hydrogen-bond donors (Lipinski definition) is 1. The molecular weight excluding hydrogens is 380 g/mol. The van der Waals surface area contributed by atoms with Gasteiger partial charge in [0.15, 0.2) is 5.76 Å². The van der Waals surface area contributed by atoms with Gasteiger partial charge in [0.2, 0.25) is 0 Å². The number of thiocarbonyl (C=S) groups is 1. The molecule has 0 radical (unpaired) electrons. The predicted octanol–water partition coefficient (Wildman–Crippen LogP) is 4.94. The van der Waals surface area contributed by atoms with Crippen molar-refractivity contribution in [3.8, 4) is 0 Å². The van der Waals surface area contributed by atoms with Crippen LogP contribution in [0.4, 0.5) is 11.4 Å². The summed E-state index contributed by atoms with van der Waals surface area (Å²) in [5.41, 5.74) is 1.70. The van der Waals surface area contributed by atoms with Gasteiger partial charge in [0.1, 0.15) is 20.5 Å². The second-order valence-corrected chi connectivity index (χ2v) is 6.79. The van der Waals surface area contributed by atoms with Crippen LogP contribution >= 0.6 is 24.0 Å². The molecule has 5 nitrogen and oxygen atoms in total. The van der Waals surface area contributed by atoms with Crippen molar-refractivity contribution < 1.29 is 14.6 Å². The van der Waals surface area contributed by atoms with Crippen LogP contribution in [0.1, 0.15) is 6.92 Å². The number of esters is 1. The summed E-state index contributed by atoms with van der Waals surface area (Å²) in [6.45, 7) is 1.89. The van der Waals surface area contributed by atoms with Crippen LogP contribution in [-0.2, 0) is 9.53 Å². The lowest BCUT2D eigenvalue weighted by molar-refractivity contribution is -0.137. The Balaban J connectivity index is 2.11. The van der Waals surface area contributed by atoms with Gasteiger partial charge < -0.3 is 9.84 Å². The summed E-state index contributed by atoms with van der Waals surface area (Å²) in [5, 5.41) is 10.9. The molecule has 2 aromatic rings. The molecule has 1 aliphatic rings. The van der Waals surface area contributed by atoms with Gasteiger partial charge in [-0.2, -0.15) is 0 Å². The van der Waals surface area contributed by atoms with Crippen molar-refractivity contribution in [3.63, 3.8) is 0 Å². The van der Waals surface area contributed by atoms with Crippen LogP contribution in [0.5, 0.6) is 0 Å². The molecule has 0 atom stereocenters. The quantitative estimate of drug-likeness (QED) is 0.585. The zero-order valence-electron chi connectivity index (χ0n) is 14.5. The largest absolute Gasteiger partial charge is 0.505 e. The van der Waals surface area contributed by atoms with Crippen molar-refractivity contribution in [2.45, 2.75) is 6.92 Å². The maximum atomic E-state index is 12.2. The van der Waals surface area contributed by atoms with Crippen molar-refractivity contribution in [2.75, 3.05) is 6.61 Å². The third-order valence-electron chi connectivity index (χ3n) is 3.49. The Morgan fingerprint density at radius 3 is 2.15 bits per heavy atom. The lowest BCUT2D eigenvalue weighted by Gasteiger charge is -2.19. The van der Waals surface area contributed by atoms with Gasteiger partial charge in [-0.3, -0.25) is 0 Å². The molecule has 0 aromatic heterocycles. The van der Waals surface area contributed by atoms with E-state index in [2.05, 4.69) is 9.98 Å². The summed E-state index contributed by atoms with van der Waals surface area (Å²) in [4.78, 5) is 21.4. The Kier molecular flexibility index (Phi) is 6.16. The molecule has 0 aliphatic carbocycles. The number of thioether (sulfide) groups is 1. The molecule has 0 unspecified atom stereocenters. The molecule has 3 rings (SSSR count). The number of nitrogens with zero attached hydrogens (tertiary/aromatic N) is 2. The van der Waals surface area contributed by atoms with Crippen LogP contribution in [0.3, 0.4) is 0 Å². The summed E-state index contributed by atoms with van der Waals surface area (Å²) in [5.74, 6) is -0.947.